The van der Waals surface area contributed by atoms with Gasteiger partial charge in [-0.3, -0.25) is 4.79 Å². The van der Waals surface area contributed by atoms with Crippen molar-refractivity contribution < 1.29 is 64.0 Å². The molecule has 0 aliphatic rings. The molecular weight excluding hydrogens is 516 g/mol. The minimum Gasteiger partial charge on any atom is -0.550 e. The van der Waals surface area contributed by atoms with Crippen LogP contribution in [0.3, 0.4) is 0 Å². The van der Waals surface area contributed by atoms with Crippen LogP contribution >= 0.6 is 0 Å². The molecule has 0 fully saturated rings. The second-order valence-corrected chi connectivity index (χ2v) is 9.53. The second kappa shape index (κ2) is 15.3. The van der Waals surface area contributed by atoms with Crippen LogP contribution in [-0.2, 0) is 11.2 Å². The monoisotopic (exact) mass is 549 g/mol. The van der Waals surface area contributed by atoms with Crippen molar-refractivity contribution in [3.63, 3.8) is 0 Å². The number of aliphatic hydroxyl groups is 3. The number of hydrogen-bond donors (Lipinski definition) is 4. The van der Waals surface area contributed by atoms with Gasteiger partial charge in [0.2, 0.25) is 0 Å². The number of hydrogen-bond acceptors (Lipinski definition) is 7. The predicted molar refractivity (Wildman–Crippen MR) is 136 cm³/mol. The summed E-state index contributed by atoms with van der Waals surface area (Å²) in [5.41, 5.74) is 2.62. The third kappa shape index (κ3) is 8.96. The van der Waals surface area contributed by atoms with E-state index in [1.807, 2.05) is 19.9 Å². The summed E-state index contributed by atoms with van der Waals surface area (Å²) < 4.78 is 15.2. The summed E-state index contributed by atoms with van der Waals surface area (Å²) in [5.74, 6) is -2.50. The van der Waals surface area contributed by atoms with E-state index in [1.165, 1.54) is 28.9 Å². The zero-order valence-corrected chi connectivity index (χ0v) is 24.4. The Labute approximate surface area is 249 Å². The number of nitrogens with one attached hydrogen (secondary N) is 1. The van der Waals surface area contributed by atoms with Gasteiger partial charge >= 0.3 is 29.6 Å². The smallest absolute Gasteiger partial charge is 0.550 e. The summed E-state index contributed by atoms with van der Waals surface area (Å²) in [7, 11) is 0. The first-order valence-corrected chi connectivity index (χ1v) is 12.5. The number of halogens is 1. The summed E-state index contributed by atoms with van der Waals surface area (Å²) in [5, 5.41) is 48.4. The first-order valence-electron chi connectivity index (χ1n) is 12.5. The van der Waals surface area contributed by atoms with E-state index in [9.17, 15) is 34.4 Å². The molecule has 0 radical (unpaired) electrons. The van der Waals surface area contributed by atoms with Crippen molar-refractivity contribution in [2.45, 2.75) is 63.7 Å². The maximum absolute atomic E-state index is 13.6. The molecule has 4 N–H and O–H groups in total. The predicted octanol–water partition coefficient (Wildman–Crippen LogP) is -1.21. The topological polar surface area (TPSA) is 148 Å². The number of carboxylic acids is 1. The number of benzene rings is 2. The third-order valence-corrected chi connectivity index (χ3v) is 6.24. The summed E-state index contributed by atoms with van der Waals surface area (Å²) in [4.78, 5) is 24.2. The average Bonchev–Trinajstić information content (AvgIpc) is 3.26. The fourth-order valence-electron chi connectivity index (χ4n) is 4.43. The van der Waals surface area contributed by atoms with E-state index in [1.54, 1.807) is 24.3 Å². The van der Waals surface area contributed by atoms with Gasteiger partial charge in [-0.15, -0.1) is 0 Å². The van der Waals surface area contributed by atoms with E-state index in [0.29, 0.717) is 16.9 Å². The van der Waals surface area contributed by atoms with E-state index in [-0.39, 0.29) is 67.0 Å². The first kappa shape index (κ1) is 32.6. The van der Waals surface area contributed by atoms with Crippen molar-refractivity contribution in [1.82, 2.24) is 15.1 Å². The van der Waals surface area contributed by atoms with Gasteiger partial charge in [-0.05, 0) is 55.0 Å². The van der Waals surface area contributed by atoms with Crippen LogP contribution < -0.4 is 40.0 Å². The molecule has 0 aliphatic heterocycles. The standard InChI is InChI=1S/C28H34FN3O6.Na/c1-17(2)26-24(13-12-21(34)14-22(35)15-25(36)37)32(20-10-8-19(29)9-11-20)31-27(26)28(38)30-23(16-33)18-6-4-3-5-7-18;/h3-11,17,21-23,33-35H,12-16H2,1-2H3,(H,30,38)(H,36,37);/q;+1/p-1/t21-,22-,23+;/m1./s1. The van der Waals surface area contributed by atoms with Crippen molar-refractivity contribution >= 4 is 11.9 Å². The number of amides is 1. The van der Waals surface area contributed by atoms with Crippen LogP contribution in [0.1, 0.15) is 72.4 Å². The SMILES string of the molecule is CC(C)c1c(C(=O)N[C@@H](CO)c2ccccc2)nn(-c2ccc(F)cc2)c1CC[C@@H](O)C[C@@H](O)CC(=O)[O-].[Na+]. The molecule has 1 heterocycles. The number of carbonyl (C=O) groups is 2. The third-order valence-electron chi connectivity index (χ3n) is 6.24. The minimum atomic E-state index is -1.41. The average molecular weight is 550 g/mol. The van der Waals surface area contributed by atoms with Gasteiger partial charge in [0.15, 0.2) is 5.69 Å². The zero-order chi connectivity index (χ0) is 27.8. The van der Waals surface area contributed by atoms with Crippen molar-refractivity contribution in [3.05, 3.63) is 82.9 Å². The molecule has 0 aliphatic carbocycles. The van der Waals surface area contributed by atoms with Gasteiger partial charge in [0.25, 0.3) is 5.91 Å². The Morgan fingerprint density at radius 3 is 2.26 bits per heavy atom. The molecule has 0 unspecified atom stereocenters. The Morgan fingerprint density at radius 2 is 1.69 bits per heavy atom. The van der Waals surface area contributed by atoms with E-state index in [2.05, 4.69) is 10.4 Å². The molecule has 11 heteroatoms. The summed E-state index contributed by atoms with van der Waals surface area (Å²) in [6, 6.07) is 14.0. The Balaban J connectivity index is 0.00000533. The van der Waals surface area contributed by atoms with E-state index >= 15 is 0 Å². The maximum Gasteiger partial charge on any atom is 1.00 e. The van der Waals surface area contributed by atoms with Gasteiger partial charge in [0.05, 0.1) is 30.5 Å². The number of nitrogens with zero attached hydrogens (tertiary/aromatic N) is 2. The molecule has 39 heavy (non-hydrogen) atoms. The Kier molecular flexibility index (Phi) is 12.8. The number of aromatic nitrogens is 2. The van der Waals surface area contributed by atoms with E-state index < -0.39 is 42.4 Å². The molecule has 0 saturated carbocycles. The Morgan fingerprint density at radius 1 is 1.05 bits per heavy atom. The number of aliphatic carboxylic acids is 1. The maximum atomic E-state index is 13.6. The van der Waals surface area contributed by atoms with Crippen LogP contribution in [0.25, 0.3) is 5.69 Å². The molecule has 1 amide bonds. The number of rotatable bonds is 13. The summed E-state index contributed by atoms with van der Waals surface area (Å²) in [6.45, 7) is 3.47. The van der Waals surface area contributed by atoms with E-state index in [0.717, 1.165) is 5.56 Å². The molecule has 0 bridgehead atoms. The van der Waals surface area contributed by atoms with Gasteiger partial charge in [0, 0.05) is 23.6 Å². The first-order chi connectivity index (χ1) is 18.1. The van der Waals surface area contributed by atoms with Crippen LogP contribution in [0.4, 0.5) is 4.39 Å². The fourth-order valence-corrected chi connectivity index (χ4v) is 4.43. The number of aliphatic hydroxyl groups excluding tert-OH is 3. The Bertz CT molecular complexity index is 1220. The van der Waals surface area contributed by atoms with E-state index in [4.69, 9.17) is 0 Å². The molecule has 1 aromatic heterocycles. The van der Waals surface area contributed by atoms with Gasteiger partial charge < -0.3 is 30.5 Å². The van der Waals surface area contributed by atoms with Crippen LogP contribution in [0.5, 0.6) is 0 Å². The zero-order valence-electron chi connectivity index (χ0n) is 22.4. The van der Waals surface area contributed by atoms with Gasteiger partial charge in [0.1, 0.15) is 5.82 Å². The largest absolute Gasteiger partial charge is 1.00 e. The van der Waals surface area contributed by atoms with Crippen molar-refractivity contribution in [1.29, 1.82) is 0 Å². The second-order valence-electron chi connectivity index (χ2n) is 9.53. The van der Waals surface area contributed by atoms with Crippen LogP contribution in [0.15, 0.2) is 54.6 Å². The normalized spacial score (nSPS) is 13.4. The molecule has 3 aromatic rings. The van der Waals surface area contributed by atoms with Gasteiger partial charge in [-0.2, -0.15) is 5.10 Å². The van der Waals surface area contributed by atoms with Gasteiger partial charge in [-0.25, -0.2) is 9.07 Å². The number of carbonyl (C=O) groups excluding carboxylic acids is 2. The van der Waals surface area contributed by atoms with Crippen LogP contribution in [0.2, 0.25) is 0 Å². The summed E-state index contributed by atoms with van der Waals surface area (Å²) in [6.07, 6.45) is -2.61. The van der Waals surface area contributed by atoms with Crippen molar-refractivity contribution in [2.75, 3.05) is 6.61 Å². The number of carboxylic acid groups (broad SMARTS) is 1. The fraction of sp³-hybridized carbons (Fsp3) is 0.393. The molecule has 0 saturated heterocycles. The van der Waals surface area contributed by atoms with Crippen molar-refractivity contribution in [2.24, 2.45) is 0 Å². The molecule has 3 atom stereocenters. The molecule has 3 rings (SSSR count). The molecule has 9 nitrogen and oxygen atoms in total. The molecular formula is C28H33FN3NaO6. The van der Waals surface area contributed by atoms with Crippen molar-refractivity contribution in [3.8, 4) is 5.69 Å². The van der Waals surface area contributed by atoms with Crippen LogP contribution in [0, 0.1) is 5.82 Å². The molecule has 2 aromatic carbocycles. The molecule has 0 spiro atoms. The van der Waals surface area contributed by atoms with Crippen LogP contribution in [-0.4, -0.2) is 55.8 Å². The minimum absolute atomic E-state index is 0. The summed E-state index contributed by atoms with van der Waals surface area (Å²) >= 11 is 0. The Hall–Kier alpha value is -2.60. The van der Waals surface area contributed by atoms with Gasteiger partial charge in [-0.1, -0.05) is 44.2 Å². The molecule has 204 valence electrons. The quantitative estimate of drug-likeness (QED) is 0.196.